The SMILES string of the molecule is C(=Nc1nccs1)N1CCOCC1. The maximum atomic E-state index is 5.22. The molecule has 0 bridgehead atoms. The van der Waals surface area contributed by atoms with Crippen LogP contribution in [0.3, 0.4) is 0 Å². The van der Waals surface area contributed by atoms with E-state index in [0.29, 0.717) is 0 Å². The molecule has 0 radical (unpaired) electrons. The molecule has 0 amide bonds. The minimum Gasteiger partial charge on any atom is -0.378 e. The van der Waals surface area contributed by atoms with Crippen LogP contribution in [-0.2, 0) is 4.74 Å². The van der Waals surface area contributed by atoms with Crippen molar-refractivity contribution >= 4 is 22.8 Å². The minimum absolute atomic E-state index is 0.796. The Hall–Kier alpha value is -0.940. The molecule has 0 spiro atoms. The van der Waals surface area contributed by atoms with E-state index in [1.54, 1.807) is 17.5 Å². The number of nitrogens with zero attached hydrogens (tertiary/aromatic N) is 3. The maximum absolute atomic E-state index is 5.22. The van der Waals surface area contributed by atoms with Gasteiger partial charge < -0.3 is 9.64 Å². The average Bonchev–Trinajstić information content (AvgIpc) is 2.69. The highest BCUT2D eigenvalue weighted by Crippen LogP contribution is 2.13. The number of hydrogen-bond acceptors (Lipinski definition) is 4. The summed E-state index contributed by atoms with van der Waals surface area (Å²) in [6.45, 7) is 3.44. The zero-order chi connectivity index (χ0) is 8.93. The molecule has 0 N–H and O–H groups in total. The van der Waals surface area contributed by atoms with E-state index < -0.39 is 0 Å². The molecule has 1 aromatic heterocycles. The molecule has 0 aromatic carbocycles. The summed E-state index contributed by atoms with van der Waals surface area (Å²) in [4.78, 5) is 10.4. The first-order chi connectivity index (χ1) is 6.45. The van der Waals surface area contributed by atoms with Gasteiger partial charge >= 0.3 is 0 Å². The van der Waals surface area contributed by atoms with Crippen LogP contribution in [0.1, 0.15) is 0 Å². The maximum Gasteiger partial charge on any atom is 0.210 e. The topological polar surface area (TPSA) is 37.7 Å². The summed E-state index contributed by atoms with van der Waals surface area (Å²) in [6.07, 6.45) is 3.61. The predicted molar refractivity (Wildman–Crippen MR) is 52.7 cm³/mol. The van der Waals surface area contributed by atoms with Gasteiger partial charge in [-0.1, -0.05) is 0 Å². The first-order valence-corrected chi connectivity index (χ1v) is 5.08. The molecule has 1 aliphatic rings. The van der Waals surface area contributed by atoms with Crippen LogP contribution in [0.25, 0.3) is 0 Å². The van der Waals surface area contributed by atoms with Gasteiger partial charge in [0.15, 0.2) is 0 Å². The molecule has 1 saturated heterocycles. The number of rotatable bonds is 2. The Morgan fingerprint density at radius 3 is 3.08 bits per heavy atom. The highest BCUT2D eigenvalue weighted by atomic mass is 32.1. The molecule has 2 heterocycles. The minimum atomic E-state index is 0.796. The number of morpholine rings is 1. The van der Waals surface area contributed by atoms with Crippen molar-refractivity contribution < 1.29 is 4.74 Å². The first-order valence-electron chi connectivity index (χ1n) is 4.20. The fourth-order valence-electron chi connectivity index (χ4n) is 1.10. The number of thiazole rings is 1. The zero-order valence-electron chi connectivity index (χ0n) is 7.22. The van der Waals surface area contributed by atoms with E-state index >= 15 is 0 Å². The molecular formula is C8H11N3OS. The quantitative estimate of drug-likeness (QED) is 0.527. The molecule has 1 fully saturated rings. The number of hydrogen-bond donors (Lipinski definition) is 0. The Morgan fingerprint density at radius 1 is 1.54 bits per heavy atom. The third kappa shape index (κ3) is 2.50. The van der Waals surface area contributed by atoms with Gasteiger partial charge in [-0.2, -0.15) is 0 Å². The van der Waals surface area contributed by atoms with E-state index in [9.17, 15) is 0 Å². The van der Waals surface area contributed by atoms with Crippen LogP contribution in [0.4, 0.5) is 5.13 Å². The number of aliphatic imine (C=N–C) groups is 1. The molecule has 13 heavy (non-hydrogen) atoms. The van der Waals surface area contributed by atoms with Crippen LogP contribution in [0.2, 0.25) is 0 Å². The molecule has 2 rings (SSSR count). The lowest BCUT2D eigenvalue weighted by atomic mass is 10.5. The molecule has 0 saturated carbocycles. The van der Waals surface area contributed by atoms with Crippen LogP contribution in [0.15, 0.2) is 16.6 Å². The summed E-state index contributed by atoms with van der Waals surface area (Å²) >= 11 is 1.54. The Morgan fingerprint density at radius 2 is 2.38 bits per heavy atom. The monoisotopic (exact) mass is 197 g/mol. The van der Waals surface area contributed by atoms with Crippen LogP contribution >= 0.6 is 11.3 Å². The second-order valence-electron chi connectivity index (χ2n) is 2.71. The summed E-state index contributed by atoms with van der Waals surface area (Å²) in [5.74, 6) is 0. The van der Waals surface area contributed by atoms with Gasteiger partial charge in [-0.3, -0.25) is 0 Å². The highest BCUT2D eigenvalue weighted by molar-refractivity contribution is 7.13. The third-order valence-electron chi connectivity index (χ3n) is 1.80. The van der Waals surface area contributed by atoms with Crippen molar-refractivity contribution in [3.8, 4) is 0 Å². The molecule has 5 heteroatoms. The van der Waals surface area contributed by atoms with Gasteiger partial charge in [-0.15, -0.1) is 11.3 Å². The van der Waals surface area contributed by atoms with Crippen molar-refractivity contribution in [2.75, 3.05) is 26.3 Å². The van der Waals surface area contributed by atoms with Crippen LogP contribution in [0.5, 0.6) is 0 Å². The molecule has 0 atom stereocenters. The molecule has 1 aliphatic heterocycles. The van der Waals surface area contributed by atoms with E-state index in [4.69, 9.17) is 4.74 Å². The molecule has 4 nitrogen and oxygen atoms in total. The Bertz CT molecular complexity index is 267. The number of aromatic nitrogens is 1. The summed E-state index contributed by atoms with van der Waals surface area (Å²) in [7, 11) is 0. The molecule has 70 valence electrons. The smallest absolute Gasteiger partial charge is 0.210 e. The normalized spacial score (nSPS) is 18.3. The summed E-state index contributed by atoms with van der Waals surface area (Å²) in [5.41, 5.74) is 0. The van der Waals surface area contributed by atoms with E-state index in [0.717, 1.165) is 31.4 Å². The van der Waals surface area contributed by atoms with Crippen molar-refractivity contribution in [2.45, 2.75) is 0 Å². The van der Waals surface area contributed by atoms with Gasteiger partial charge in [0.2, 0.25) is 5.13 Å². The van der Waals surface area contributed by atoms with Crippen molar-refractivity contribution in [3.63, 3.8) is 0 Å². The van der Waals surface area contributed by atoms with Crippen molar-refractivity contribution in [2.24, 2.45) is 4.99 Å². The average molecular weight is 197 g/mol. The summed E-state index contributed by atoms with van der Waals surface area (Å²) in [5, 5.41) is 2.73. The van der Waals surface area contributed by atoms with E-state index in [2.05, 4.69) is 14.9 Å². The van der Waals surface area contributed by atoms with Crippen molar-refractivity contribution in [3.05, 3.63) is 11.6 Å². The fourth-order valence-corrected chi connectivity index (χ4v) is 1.58. The van der Waals surface area contributed by atoms with Gasteiger partial charge in [-0.05, 0) is 0 Å². The third-order valence-corrected chi connectivity index (χ3v) is 2.48. The largest absolute Gasteiger partial charge is 0.378 e. The lowest BCUT2D eigenvalue weighted by Gasteiger charge is -2.23. The van der Waals surface area contributed by atoms with Gasteiger partial charge in [0.05, 0.1) is 19.6 Å². The predicted octanol–water partition coefficient (Wildman–Crippen LogP) is 1.14. The molecule has 0 unspecified atom stereocenters. The van der Waals surface area contributed by atoms with E-state index in [-0.39, 0.29) is 0 Å². The Labute approximate surface area is 80.9 Å². The van der Waals surface area contributed by atoms with Gasteiger partial charge in [0.25, 0.3) is 0 Å². The Balaban J connectivity index is 1.89. The van der Waals surface area contributed by atoms with Crippen LogP contribution in [-0.4, -0.2) is 42.5 Å². The van der Waals surface area contributed by atoms with Crippen LogP contribution in [0, 0.1) is 0 Å². The van der Waals surface area contributed by atoms with Crippen molar-refractivity contribution in [1.82, 2.24) is 9.88 Å². The summed E-state index contributed by atoms with van der Waals surface area (Å²) < 4.78 is 5.22. The molecule has 1 aromatic rings. The fraction of sp³-hybridized carbons (Fsp3) is 0.500. The molecule has 0 aliphatic carbocycles. The van der Waals surface area contributed by atoms with Crippen LogP contribution < -0.4 is 0 Å². The van der Waals surface area contributed by atoms with Gasteiger partial charge in [-0.25, -0.2) is 9.98 Å². The molecular weight excluding hydrogens is 186 g/mol. The lowest BCUT2D eigenvalue weighted by molar-refractivity contribution is 0.0701. The van der Waals surface area contributed by atoms with E-state index in [1.165, 1.54) is 0 Å². The van der Waals surface area contributed by atoms with Gasteiger partial charge in [0, 0.05) is 24.7 Å². The van der Waals surface area contributed by atoms with Crippen molar-refractivity contribution in [1.29, 1.82) is 0 Å². The highest BCUT2D eigenvalue weighted by Gasteiger charge is 2.05. The number of ether oxygens (including phenoxy) is 1. The lowest BCUT2D eigenvalue weighted by Crippen LogP contribution is -2.34. The van der Waals surface area contributed by atoms with E-state index in [1.807, 2.05) is 11.7 Å². The zero-order valence-corrected chi connectivity index (χ0v) is 8.04. The first kappa shape index (κ1) is 8.65. The second-order valence-corrected chi connectivity index (χ2v) is 3.58. The second kappa shape index (κ2) is 4.34. The summed E-state index contributed by atoms with van der Waals surface area (Å²) in [6, 6.07) is 0. The van der Waals surface area contributed by atoms with Gasteiger partial charge in [0.1, 0.15) is 0 Å². The Kier molecular flexibility index (Phi) is 2.89. The standard InChI is InChI=1S/C8H11N3OS/c1-6-13-8(9-1)10-7-11-2-4-12-5-3-11/h1,6-7H,2-5H2.